The molecule has 1 aromatic carbocycles. The molecule has 0 spiro atoms. The number of nitrogens with zero attached hydrogens (tertiary/aromatic N) is 1. The van der Waals surface area contributed by atoms with Crippen molar-refractivity contribution in [2.45, 2.75) is 32.2 Å². The first-order valence-electron chi connectivity index (χ1n) is 5.75. The third-order valence-corrected chi connectivity index (χ3v) is 3.16. The molecule has 0 unspecified atom stereocenters. The fraction of sp³-hybridized carbons (Fsp3) is 0.538. The Labute approximate surface area is 95.1 Å². The molecule has 0 radical (unpaired) electrons. The molecule has 0 aliphatic carbocycles. The van der Waals surface area contributed by atoms with Crippen molar-refractivity contribution >= 4 is 0 Å². The molecule has 1 aliphatic rings. The summed E-state index contributed by atoms with van der Waals surface area (Å²) in [5.41, 5.74) is 2.37. The molecule has 0 amide bonds. The molecule has 2 rings (SSSR count). The van der Waals surface area contributed by atoms with E-state index in [1.54, 1.807) is 0 Å². The van der Waals surface area contributed by atoms with Crippen LogP contribution in [0.15, 0.2) is 24.3 Å². The standard InChI is InChI=1S/C13H17F2N/c1-10-4-2-5-11(8-10)12-6-3-7-16(12)9-13(14)15/h2,4-5,8,12-13H,3,6-7,9H2,1H3/t12-/m0/s1. The lowest BCUT2D eigenvalue weighted by Crippen LogP contribution is -2.28. The quantitative estimate of drug-likeness (QED) is 0.762. The first kappa shape index (κ1) is 11.5. The molecule has 1 aliphatic heterocycles. The van der Waals surface area contributed by atoms with E-state index in [0.29, 0.717) is 0 Å². The van der Waals surface area contributed by atoms with E-state index in [-0.39, 0.29) is 12.6 Å². The zero-order valence-electron chi connectivity index (χ0n) is 9.50. The van der Waals surface area contributed by atoms with Crippen LogP contribution in [0.3, 0.4) is 0 Å². The SMILES string of the molecule is Cc1cccc([C@@H]2CCCN2CC(F)F)c1. The summed E-state index contributed by atoms with van der Waals surface area (Å²) >= 11 is 0. The van der Waals surface area contributed by atoms with E-state index >= 15 is 0 Å². The Balaban J connectivity index is 2.13. The lowest BCUT2D eigenvalue weighted by Gasteiger charge is -2.24. The van der Waals surface area contributed by atoms with Gasteiger partial charge in [0.25, 0.3) is 6.43 Å². The lowest BCUT2D eigenvalue weighted by molar-refractivity contribution is 0.0822. The van der Waals surface area contributed by atoms with Gasteiger partial charge in [-0.15, -0.1) is 0 Å². The van der Waals surface area contributed by atoms with E-state index in [9.17, 15) is 8.78 Å². The van der Waals surface area contributed by atoms with Crippen molar-refractivity contribution < 1.29 is 8.78 Å². The summed E-state index contributed by atoms with van der Waals surface area (Å²) in [6.45, 7) is 2.73. The largest absolute Gasteiger partial charge is 0.291 e. The molecule has 0 saturated carbocycles. The topological polar surface area (TPSA) is 3.24 Å². The molecule has 1 nitrogen and oxygen atoms in total. The highest BCUT2D eigenvalue weighted by molar-refractivity contribution is 5.25. The van der Waals surface area contributed by atoms with Crippen molar-refractivity contribution in [1.82, 2.24) is 4.90 Å². The van der Waals surface area contributed by atoms with Gasteiger partial charge in [0.1, 0.15) is 0 Å². The van der Waals surface area contributed by atoms with Gasteiger partial charge in [-0.3, -0.25) is 4.90 Å². The van der Waals surface area contributed by atoms with Crippen LogP contribution in [0.4, 0.5) is 8.78 Å². The summed E-state index contributed by atoms with van der Waals surface area (Å²) in [5, 5.41) is 0. The van der Waals surface area contributed by atoms with Gasteiger partial charge in [-0.05, 0) is 31.9 Å². The minimum atomic E-state index is -2.23. The third-order valence-electron chi connectivity index (χ3n) is 3.16. The fourth-order valence-corrected chi connectivity index (χ4v) is 2.48. The summed E-state index contributed by atoms with van der Waals surface area (Å²) in [6.07, 6.45) is -0.216. The summed E-state index contributed by atoms with van der Waals surface area (Å²) in [4.78, 5) is 1.90. The predicted octanol–water partition coefficient (Wildman–Crippen LogP) is 3.40. The highest BCUT2D eigenvalue weighted by atomic mass is 19.3. The smallest absolute Gasteiger partial charge is 0.251 e. The Kier molecular flexibility index (Phi) is 3.54. The highest BCUT2D eigenvalue weighted by Crippen LogP contribution is 2.32. The van der Waals surface area contributed by atoms with Crippen molar-refractivity contribution in [3.05, 3.63) is 35.4 Å². The minimum absolute atomic E-state index is 0.0986. The molecule has 0 N–H and O–H groups in total. The number of halogens is 2. The van der Waals surface area contributed by atoms with Crippen LogP contribution in [0.1, 0.15) is 30.0 Å². The summed E-state index contributed by atoms with van der Waals surface area (Å²) in [7, 11) is 0. The number of aryl methyl sites for hydroxylation is 1. The fourth-order valence-electron chi connectivity index (χ4n) is 2.48. The molecule has 1 fully saturated rings. The maximum atomic E-state index is 12.4. The van der Waals surface area contributed by atoms with Crippen LogP contribution in [0.5, 0.6) is 0 Å². The summed E-state index contributed by atoms with van der Waals surface area (Å²) in [6, 6.07) is 8.38. The average molecular weight is 225 g/mol. The molecule has 16 heavy (non-hydrogen) atoms. The third kappa shape index (κ3) is 2.59. The lowest BCUT2D eigenvalue weighted by atomic mass is 10.0. The number of likely N-dealkylation sites (tertiary alicyclic amines) is 1. The molecule has 1 saturated heterocycles. The zero-order chi connectivity index (χ0) is 11.5. The molecule has 0 aromatic heterocycles. The van der Waals surface area contributed by atoms with Gasteiger partial charge >= 0.3 is 0 Å². The van der Waals surface area contributed by atoms with Crippen LogP contribution in [0, 0.1) is 6.92 Å². The van der Waals surface area contributed by atoms with E-state index in [1.807, 2.05) is 30.0 Å². The number of hydrogen-bond acceptors (Lipinski definition) is 1. The van der Waals surface area contributed by atoms with Gasteiger partial charge in [-0.1, -0.05) is 29.8 Å². The van der Waals surface area contributed by atoms with Crippen LogP contribution >= 0.6 is 0 Å². The Morgan fingerprint density at radius 2 is 2.25 bits per heavy atom. The Morgan fingerprint density at radius 3 is 2.94 bits per heavy atom. The van der Waals surface area contributed by atoms with Crippen molar-refractivity contribution in [2.75, 3.05) is 13.1 Å². The second kappa shape index (κ2) is 4.91. The molecule has 1 heterocycles. The van der Waals surface area contributed by atoms with Crippen LogP contribution in [-0.4, -0.2) is 24.4 Å². The van der Waals surface area contributed by atoms with Gasteiger partial charge in [0.05, 0.1) is 6.54 Å². The first-order valence-corrected chi connectivity index (χ1v) is 5.75. The molecule has 0 bridgehead atoms. The highest BCUT2D eigenvalue weighted by Gasteiger charge is 2.27. The number of rotatable bonds is 3. The average Bonchev–Trinajstić information content (AvgIpc) is 2.65. The van der Waals surface area contributed by atoms with Crippen molar-refractivity contribution in [1.29, 1.82) is 0 Å². The molecule has 1 atom stereocenters. The van der Waals surface area contributed by atoms with Gasteiger partial charge < -0.3 is 0 Å². The van der Waals surface area contributed by atoms with Crippen molar-refractivity contribution in [3.63, 3.8) is 0 Å². The molecular formula is C13H17F2N. The Bertz CT molecular complexity index is 352. The second-order valence-electron chi connectivity index (χ2n) is 4.46. The van der Waals surface area contributed by atoms with E-state index in [2.05, 4.69) is 6.07 Å². The Morgan fingerprint density at radius 1 is 1.44 bits per heavy atom. The van der Waals surface area contributed by atoms with Gasteiger partial charge in [0, 0.05) is 6.04 Å². The van der Waals surface area contributed by atoms with E-state index in [0.717, 1.165) is 19.4 Å². The summed E-state index contributed by atoms with van der Waals surface area (Å²) < 4.78 is 24.8. The van der Waals surface area contributed by atoms with E-state index in [1.165, 1.54) is 11.1 Å². The predicted molar refractivity (Wildman–Crippen MR) is 60.7 cm³/mol. The van der Waals surface area contributed by atoms with E-state index in [4.69, 9.17) is 0 Å². The van der Waals surface area contributed by atoms with Gasteiger partial charge in [0.15, 0.2) is 0 Å². The minimum Gasteiger partial charge on any atom is -0.291 e. The maximum absolute atomic E-state index is 12.4. The van der Waals surface area contributed by atoms with Crippen molar-refractivity contribution in [3.8, 4) is 0 Å². The van der Waals surface area contributed by atoms with Crippen LogP contribution in [-0.2, 0) is 0 Å². The van der Waals surface area contributed by atoms with Gasteiger partial charge in [-0.2, -0.15) is 0 Å². The van der Waals surface area contributed by atoms with Crippen LogP contribution in [0.2, 0.25) is 0 Å². The number of benzene rings is 1. The number of alkyl halides is 2. The number of hydrogen-bond donors (Lipinski definition) is 0. The second-order valence-corrected chi connectivity index (χ2v) is 4.46. The molecule has 88 valence electrons. The monoisotopic (exact) mass is 225 g/mol. The first-order chi connectivity index (χ1) is 7.66. The zero-order valence-corrected chi connectivity index (χ0v) is 9.50. The van der Waals surface area contributed by atoms with Gasteiger partial charge in [0.2, 0.25) is 0 Å². The molecule has 1 aromatic rings. The van der Waals surface area contributed by atoms with E-state index < -0.39 is 6.43 Å². The van der Waals surface area contributed by atoms with Gasteiger partial charge in [-0.25, -0.2) is 8.78 Å². The Hall–Kier alpha value is -0.960. The maximum Gasteiger partial charge on any atom is 0.251 e. The summed E-state index contributed by atoms with van der Waals surface area (Å²) in [5.74, 6) is 0. The molecular weight excluding hydrogens is 208 g/mol. The van der Waals surface area contributed by atoms with Crippen molar-refractivity contribution in [2.24, 2.45) is 0 Å². The van der Waals surface area contributed by atoms with Crippen LogP contribution < -0.4 is 0 Å². The normalized spacial score (nSPS) is 21.9. The molecule has 3 heteroatoms. The van der Waals surface area contributed by atoms with Crippen LogP contribution in [0.25, 0.3) is 0 Å².